The summed E-state index contributed by atoms with van der Waals surface area (Å²) in [6.07, 6.45) is 0.985. The molecule has 0 spiro atoms. The third-order valence-corrected chi connectivity index (χ3v) is 1.71. The molecule has 2 atom stereocenters. The topological polar surface area (TPSA) is 38.3 Å². The summed E-state index contributed by atoms with van der Waals surface area (Å²) < 4.78 is 5.09. The van der Waals surface area contributed by atoms with E-state index in [1.807, 2.05) is 0 Å². The minimum absolute atomic E-state index is 0.0718. The number of carbonyl (C=O) groups is 1. The molecule has 2 fully saturated rings. The number of β-lactam (4-membered cyclic amide) rings is 1. The molecule has 1 N–H and O–H groups in total. The SMILES string of the molecule is O=C1N[C@@H]2OCC[C@H]12. The number of carbonyl (C=O) groups excluding carboxylic acids is 1. The lowest BCUT2D eigenvalue weighted by atomic mass is 9.99. The highest BCUT2D eigenvalue weighted by atomic mass is 16.5. The number of rotatable bonds is 0. The minimum Gasteiger partial charge on any atom is -0.358 e. The van der Waals surface area contributed by atoms with Gasteiger partial charge in [0.2, 0.25) is 5.91 Å². The maximum atomic E-state index is 10.5. The molecule has 2 rings (SSSR count). The van der Waals surface area contributed by atoms with Crippen molar-refractivity contribution < 1.29 is 9.53 Å². The lowest BCUT2D eigenvalue weighted by Crippen LogP contribution is -2.55. The van der Waals surface area contributed by atoms with E-state index in [0.717, 1.165) is 13.0 Å². The molecule has 44 valence electrons. The van der Waals surface area contributed by atoms with Crippen molar-refractivity contribution >= 4 is 5.91 Å². The largest absolute Gasteiger partial charge is 0.358 e. The predicted octanol–water partition coefficient (Wildman–Crippen LogP) is -0.521. The molecule has 0 bridgehead atoms. The van der Waals surface area contributed by atoms with Crippen LogP contribution in [-0.4, -0.2) is 18.7 Å². The molecule has 0 saturated carbocycles. The smallest absolute Gasteiger partial charge is 0.229 e. The standard InChI is InChI=1S/C5H7NO2/c7-4-3-1-2-8-5(3)6-4/h3,5H,1-2H2,(H,6,7)/t3-,5-/m1/s1. The van der Waals surface area contributed by atoms with Crippen LogP contribution in [-0.2, 0) is 9.53 Å². The first kappa shape index (κ1) is 4.32. The quantitative estimate of drug-likeness (QED) is 0.429. The Labute approximate surface area is 47.0 Å². The number of hydrogen-bond donors (Lipinski definition) is 1. The Hall–Kier alpha value is -0.570. The zero-order chi connectivity index (χ0) is 5.56. The summed E-state index contributed by atoms with van der Waals surface area (Å²) >= 11 is 0. The summed E-state index contributed by atoms with van der Waals surface area (Å²) in [4.78, 5) is 10.5. The Morgan fingerprint density at radius 1 is 1.75 bits per heavy atom. The summed E-state index contributed by atoms with van der Waals surface area (Å²) in [5.41, 5.74) is 0. The molecule has 0 aliphatic carbocycles. The van der Waals surface area contributed by atoms with E-state index in [9.17, 15) is 4.79 Å². The van der Waals surface area contributed by atoms with Crippen molar-refractivity contribution in [2.45, 2.75) is 12.6 Å². The van der Waals surface area contributed by atoms with Gasteiger partial charge in [0.05, 0.1) is 12.5 Å². The number of ether oxygens (including phenoxy) is 1. The zero-order valence-corrected chi connectivity index (χ0v) is 4.39. The van der Waals surface area contributed by atoms with Crippen LogP contribution in [0.4, 0.5) is 0 Å². The molecule has 8 heavy (non-hydrogen) atoms. The van der Waals surface area contributed by atoms with Gasteiger partial charge in [0, 0.05) is 0 Å². The van der Waals surface area contributed by atoms with E-state index in [1.165, 1.54) is 0 Å². The van der Waals surface area contributed by atoms with Gasteiger partial charge in [-0.1, -0.05) is 0 Å². The molecule has 3 heteroatoms. The highest BCUT2D eigenvalue weighted by Gasteiger charge is 2.43. The van der Waals surface area contributed by atoms with Crippen LogP contribution in [0.2, 0.25) is 0 Å². The van der Waals surface area contributed by atoms with Gasteiger partial charge in [0.25, 0.3) is 0 Å². The second kappa shape index (κ2) is 1.23. The Morgan fingerprint density at radius 2 is 2.62 bits per heavy atom. The first-order valence-corrected chi connectivity index (χ1v) is 2.80. The van der Waals surface area contributed by atoms with Crippen LogP contribution in [0.1, 0.15) is 6.42 Å². The lowest BCUT2D eigenvalue weighted by molar-refractivity contribution is -0.142. The molecule has 0 aromatic rings. The van der Waals surface area contributed by atoms with Crippen molar-refractivity contribution in [1.29, 1.82) is 0 Å². The van der Waals surface area contributed by atoms with E-state index in [2.05, 4.69) is 5.32 Å². The first-order valence-electron chi connectivity index (χ1n) is 2.80. The Balaban J connectivity index is 2.11. The summed E-state index contributed by atoms with van der Waals surface area (Å²) in [6.45, 7) is 0.744. The van der Waals surface area contributed by atoms with E-state index in [-0.39, 0.29) is 18.1 Å². The van der Waals surface area contributed by atoms with Gasteiger partial charge in [-0.15, -0.1) is 0 Å². The van der Waals surface area contributed by atoms with E-state index in [0.29, 0.717) is 0 Å². The third-order valence-electron chi connectivity index (χ3n) is 1.71. The second-order valence-electron chi connectivity index (χ2n) is 2.20. The van der Waals surface area contributed by atoms with Crippen LogP contribution < -0.4 is 5.32 Å². The van der Waals surface area contributed by atoms with Crippen molar-refractivity contribution in [3.05, 3.63) is 0 Å². The first-order chi connectivity index (χ1) is 3.88. The second-order valence-corrected chi connectivity index (χ2v) is 2.20. The van der Waals surface area contributed by atoms with Gasteiger partial charge >= 0.3 is 0 Å². The molecule has 2 aliphatic heterocycles. The third kappa shape index (κ3) is 0.351. The summed E-state index contributed by atoms with van der Waals surface area (Å²) in [6, 6.07) is 0. The Bertz CT molecular complexity index is 134. The molecular weight excluding hydrogens is 106 g/mol. The van der Waals surface area contributed by atoms with E-state index < -0.39 is 0 Å². The molecule has 0 aromatic carbocycles. The monoisotopic (exact) mass is 113 g/mol. The van der Waals surface area contributed by atoms with Crippen molar-refractivity contribution in [2.24, 2.45) is 5.92 Å². The van der Waals surface area contributed by atoms with E-state index in [1.54, 1.807) is 0 Å². The molecule has 3 nitrogen and oxygen atoms in total. The number of nitrogens with one attached hydrogen (secondary N) is 1. The van der Waals surface area contributed by atoms with Crippen LogP contribution in [0, 0.1) is 5.92 Å². The van der Waals surface area contributed by atoms with Gasteiger partial charge < -0.3 is 10.1 Å². The van der Waals surface area contributed by atoms with Crippen molar-refractivity contribution in [1.82, 2.24) is 5.32 Å². The lowest BCUT2D eigenvalue weighted by Gasteiger charge is -2.28. The molecule has 0 unspecified atom stereocenters. The normalized spacial score (nSPS) is 42.8. The highest BCUT2D eigenvalue weighted by Crippen LogP contribution is 2.25. The van der Waals surface area contributed by atoms with Crippen LogP contribution in [0.5, 0.6) is 0 Å². The average Bonchev–Trinajstić information content (AvgIpc) is 2.09. The van der Waals surface area contributed by atoms with Crippen molar-refractivity contribution in [3.8, 4) is 0 Å². The van der Waals surface area contributed by atoms with Gasteiger partial charge in [0.15, 0.2) is 0 Å². The average molecular weight is 113 g/mol. The molecule has 0 radical (unpaired) electrons. The van der Waals surface area contributed by atoms with Crippen LogP contribution in [0.25, 0.3) is 0 Å². The highest BCUT2D eigenvalue weighted by molar-refractivity contribution is 5.85. The Kier molecular flexibility index (Phi) is 0.663. The summed E-state index contributed by atoms with van der Waals surface area (Å²) in [5.74, 6) is 0.350. The predicted molar refractivity (Wildman–Crippen MR) is 26.0 cm³/mol. The van der Waals surface area contributed by atoms with Gasteiger partial charge in [-0.25, -0.2) is 0 Å². The molecular formula is C5H7NO2. The minimum atomic E-state index is 0.0718. The molecule has 2 aliphatic rings. The van der Waals surface area contributed by atoms with Gasteiger partial charge in [-0.3, -0.25) is 4.79 Å². The van der Waals surface area contributed by atoms with Gasteiger partial charge in [0.1, 0.15) is 6.23 Å². The molecule has 1 amide bonds. The Morgan fingerprint density at radius 3 is 3.12 bits per heavy atom. The fourth-order valence-electron chi connectivity index (χ4n) is 1.15. The maximum Gasteiger partial charge on any atom is 0.229 e. The molecule has 0 aromatic heterocycles. The molecule has 2 heterocycles. The van der Waals surface area contributed by atoms with Crippen LogP contribution in [0.15, 0.2) is 0 Å². The van der Waals surface area contributed by atoms with E-state index in [4.69, 9.17) is 4.74 Å². The van der Waals surface area contributed by atoms with E-state index >= 15 is 0 Å². The van der Waals surface area contributed by atoms with Gasteiger partial charge in [-0.05, 0) is 6.42 Å². The van der Waals surface area contributed by atoms with Gasteiger partial charge in [-0.2, -0.15) is 0 Å². The maximum absolute atomic E-state index is 10.5. The summed E-state index contributed by atoms with van der Waals surface area (Å²) in [7, 11) is 0. The summed E-state index contributed by atoms with van der Waals surface area (Å²) in [5, 5.41) is 2.64. The van der Waals surface area contributed by atoms with Crippen LogP contribution in [0.3, 0.4) is 0 Å². The zero-order valence-electron chi connectivity index (χ0n) is 4.39. The number of fused-ring (bicyclic) bond motifs is 1. The number of amides is 1. The fraction of sp³-hybridized carbons (Fsp3) is 0.800. The van der Waals surface area contributed by atoms with Crippen molar-refractivity contribution in [3.63, 3.8) is 0 Å². The molecule has 2 saturated heterocycles. The van der Waals surface area contributed by atoms with Crippen molar-refractivity contribution in [2.75, 3.05) is 6.61 Å². The number of hydrogen-bond acceptors (Lipinski definition) is 2. The fourth-order valence-corrected chi connectivity index (χ4v) is 1.15. The van der Waals surface area contributed by atoms with Crippen LogP contribution >= 0.6 is 0 Å².